The first-order valence-electron chi connectivity index (χ1n) is 11.8. The minimum Gasteiger partial charge on any atom is -0.480 e. The van der Waals surface area contributed by atoms with E-state index in [1.54, 1.807) is 20.8 Å². The summed E-state index contributed by atoms with van der Waals surface area (Å²) in [6, 6.07) is 7.06. The Morgan fingerprint density at radius 2 is 1.60 bits per heavy atom. The van der Waals surface area contributed by atoms with E-state index in [4.69, 9.17) is 9.47 Å². The zero-order valence-electron chi connectivity index (χ0n) is 21.3. The fraction of sp³-hybridized carbons (Fsp3) is 0.600. The molecule has 1 aromatic carbocycles. The van der Waals surface area contributed by atoms with Crippen LogP contribution in [0.25, 0.3) is 0 Å². The number of alkyl carbamates (subject to hydrolysis) is 2. The van der Waals surface area contributed by atoms with E-state index in [9.17, 15) is 24.3 Å². The quantitative estimate of drug-likeness (QED) is 0.308. The van der Waals surface area contributed by atoms with Crippen molar-refractivity contribution >= 4 is 24.1 Å². The molecule has 10 heteroatoms. The smallest absolute Gasteiger partial charge is 0.408 e. The third kappa shape index (κ3) is 13.9. The largest absolute Gasteiger partial charge is 0.480 e. The van der Waals surface area contributed by atoms with Gasteiger partial charge in [-0.2, -0.15) is 0 Å². The molecule has 0 unspecified atom stereocenters. The van der Waals surface area contributed by atoms with Crippen molar-refractivity contribution in [2.75, 3.05) is 6.54 Å². The van der Waals surface area contributed by atoms with Crippen molar-refractivity contribution in [2.24, 2.45) is 5.92 Å². The molecular formula is C25H39N3O7. The average molecular weight is 494 g/mol. The van der Waals surface area contributed by atoms with Gasteiger partial charge >= 0.3 is 18.2 Å². The first-order chi connectivity index (χ1) is 16.4. The van der Waals surface area contributed by atoms with Crippen LogP contribution in [-0.2, 0) is 25.7 Å². The summed E-state index contributed by atoms with van der Waals surface area (Å²) in [5.74, 6) is -1.69. The number of ether oxygens (including phenoxy) is 2. The minimum absolute atomic E-state index is 0.0533. The molecule has 0 aliphatic carbocycles. The fourth-order valence-corrected chi connectivity index (χ4v) is 3.12. The lowest BCUT2D eigenvalue weighted by atomic mass is 10.0. The van der Waals surface area contributed by atoms with Gasteiger partial charge in [-0.1, -0.05) is 44.2 Å². The first-order valence-corrected chi connectivity index (χ1v) is 11.8. The monoisotopic (exact) mass is 493 g/mol. The van der Waals surface area contributed by atoms with E-state index in [1.165, 1.54) is 0 Å². The zero-order chi connectivity index (χ0) is 26.4. The highest BCUT2D eigenvalue weighted by atomic mass is 16.6. The van der Waals surface area contributed by atoms with Crippen LogP contribution >= 0.6 is 0 Å². The molecule has 1 aromatic rings. The topological polar surface area (TPSA) is 143 Å². The number of benzene rings is 1. The van der Waals surface area contributed by atoms with Crippen LogP contribution in [-0.4, -0.2) is 53.4 Å². The summed E-state index contributed by atoms with van der Waals surface area (Å²) >= 11 is 0. The second kappa shape index (κ2) is 14.9. The van der Waals surface area contributed by atoms with Gasteiger partial charge in [0.1, 0.15) is 24.3 Å². The van der Waals surface area contributed by atoms with Crippen molar-refractivity contribution in [1.29, 1.82) is 0 Å². The Balaban J connectivity index is 2.54. The Hall–Kier alpha value is -3.30. The van der Waals surface area contributed by atoms with Gasteiger partial charge in [-0.15, -0.1) is 0 Å². The number of aliphatic carboxylic acids is 1. The molecule has 1 rings (SSSR count). The highest BCUT2D eigenvalue weighted by molar-refractivity contribution is 5.89. The van der Waals surface area contributed by atoms with Crippen molar-refractivity contribution in [3.63, 3.8) is 0 Å². The van der Waals surface area contributed by atoms with Gasteiger partial charge in [-0.05, 0) is 57.9 Å². The second-order valence-corrected chi connectivity index (χ2v) is 9.71. The molecule has 0 bridgehead atoms. The zero-order valence-corrected chi connectivity index (χ0v) is 21.3. The number of carbonyl (C=O) groups excluding carboxylic acids is 3. The van der Waals surface area contributed by atoms with Gasteiger partial charge in [0.25, 0.3) is 0 Å². The van der Waals surface area contributed by atoms with Gasteiger partial charge in [0, 0.05) is 6.54 Å². The van der Waals surface area contributed by atoms with E-state index in [0.29, 0.717) is 25.8 Å². The second-order valence-electron chi connectivity index (χ2n) is 9.71. The van der Waals surface area contributed by atoms with E-state index in [0.717, 1.165) is 5.56 Å². The summed E-state index contributed by atoms with van der Waals surface area (Å²) in [5.41, 5.74) is 0.205. The number of unbranched alkanes of at least 4 members (excludes halogenated alkanes) is 1. The van der Waals surface area contributed by atoms with Gasteiger partial charge in [-0.25, -0.2) is 14.4 Å². The Kier molecular flexibility index (Phi) is 12.6. The number of carbonyl (C=O) groups is 4. The van der Waals surface area contributed by atoms with Crippen molar-refractivity contribution in [2.45, 2.75) is 84.6 Å². The molecular weight excluding hydrogens is 454 g/mol. The van der Waals surface area contributed by atoms with Gasteiger partial charge in [0.15, 0.2) is 0 Å². The van der Waals surface area contributed by atoms with Crippen molar-refractivity contribution in [3.8, 4) is 0 Å². The molecule has 0 saturated heterocycles. The third-order valence-corrected chi connectivity index (χ3v) is 4.73. The average Bonchev–Trinajstić information content (AvgIpc) is 2.75. The minimum atomic E-state index is -1.17. The Bertz CT molecular complexity index is 822. The van der Waals surface area contributed by atoms with Gasteiger partial charge in [0.05, 0.1) is 0 Å². The van der Waals surface area contributed by atoms with E-state index in [1.807, 2.05) is 44.2 Å². The molecule has 35 heavy (non-hydrogen) atoms. The first kappa shape index (κ1) is 29.7. The molecule has 196 valence electrons. The predicted molar refractivity (Wildman–Crippen MR) is 131 cm³/mol. The lowest BCUT2D eigenvalue weighted by molar-refractivity contribution is -0.142. The molecule has 0 radical (unpaired) electrons. The lowest BCUT2D eigenvalue weighted by Crippen LogP contribution is -2.52. The standard InChI is InChI=1S/C25H39N3O7/c1-17(2)15-20(28-24(33)34-16-18-11-7-6-8-12-18)21(29)27-19(22(30)31)13-9-10-14-26-23(32)35-25(3,4)5/h6-8,11-12,17,19-20H,9-10,13-16H2,1-5H3,(H,26,32)(H,27,29)(H,28,33)(H,30,31)/t19-,20+/m1/s1. The van der Waals surface area contributed by atoms with Crippen LogP contribution in [0, 0.1) is 5.92 Å². The fourth-order valence-electron chi connectivity index (χ4n) is 3.12. The molecule has 4 N–H and O–H groups in total. The van der Waals surface area contributed by atoms with Crippen molar-refractivity contribution < 1.29 is 33.8 Å². The van der Waals surface area contributed by atoms with E-state index in [2.05, 4.69) is 16.0 Å². The maximum Gasteiger partial charge on any atom is 0.408 e. The van der Waals surface area contributed by atoms with Crippen molar-refractivity contribution in [3.05, 3.63) is 35.9 Å². The predicted octanol–water partition coefficient (Wildman–Crippen LogP) is 3.59. The molecule has 0 saturated carbocycles. The molecule has 0 aromatic heterocycles. The van der Waals surface area contributed by atoms with Crippen LogP contribution < -0.4 is 16.0 Å². The summed E-state index contributed by atoms with van der Waals surface area (Å²) in [4.78, 5) is 48.4. The highest BCUT2D eigenvalue weighted by Gasteiger charge is 2.27. The maximum absolute atomic E-state index is 12.8. The summed E-state index contributed by atoms with van der Waals surface area (Å²) in [5, 5.41) is 17.2. The number of carboxylic acids is 1. The summed E-state index contributed by atoms with van der Waals surface area (Å²) in [6.45, 7) is 9.44. The third-order valence-electron chi connectivity index (χ3n) is 4.73. The van der Waals surface area contributed by atoms with E-state index < -0.39 is 41.7 Å². The van der Waals surface area contributed by atoms with E-state index in [-0.39, 0.29) is 18.9 Å². The van der Waals surface area contributed by atoms with Gasteiger partial charge in [-0.3, -0.25) is 4.79 Å². The number of carboxylic acid groups (broad SMARTS) is 1. The number of hydrogen-bond donors (Lipinski definition) is 4. The molecule has 0 aliphatic rings. The normalized spacial score (nSPS) is 12.9. The number of amides is 3. The molecule has 0 aliphatic heterocycles. The number of rotatable bonds is 13. The molecule has 0 fully saturated rings. The SMILES string of the molecule is CC(C)C[C@H](NC(=O)OCc1ccccc1)C(=O)N[C@H](CCCCNC(=O)OC(C)(C)C)C(=O)O. The van der Waals surface area contributed by atoms with Gasteiger partial charge in [0.2, 0.25) is 5.91 Å². The molecule has 10 nitrogen and oxygen atoms in total. The van der Waals surface area contributed by atoms with Crippen LogP contribution in [0.1, 0.15) is 65.9 Å². The van der Waals surface area contributed by atoms with E-state index >= 15 is 0 Å². The maximum atomic E-state index is 12.8. The lowest BCUT2D eigenvalue weighted by Gasteiger charge is -2.22. The van der Waals surface area contributed by atoms with Crippen LogP contribution in [0.3, 0.4) is 0 Å². The number of nitrogens with one attached hydrogen (secondary N) is 3. The Morgan fingerprint density at radius 3 is 2.17 bits per heavy atom. The van der Waals surface area contributed by atoms with Crippen LogP contribution in [0.5, 0.6) is 0 Å². The van der Waals surface area contributed by atoms with Crippen LogP contribution in [0.4, 0.5) is 9.59 Å². The number of hydrogen-bond acceptors (Lipinski definition) is 6. The Labute approximate surface area is 207 Å². The van der Waals surface area contributed by atoms with Crippen LogP contribution in [0.15, 0.2) is 30.3 Å². The molecule has 0 spiro atoms. The summed E-state index contributed by atoms with van der Waals surface area (Å²) in [6.07, 6.45) is 0.159. The summed E-state index contributed by atoms with van der Waals surface area (Å²) in [7, 11) is 0. The summed E-state index contributed by atoms with van der Waals surface area (Å²) < 4.78 is 10.3. The van der Waals surface area contributed by atoms with Gasteiger partial charge < -0.3 is 30.5 Å². The molecule has 0 heterocycles. The highest BCUT2D eigenvalue weighted by Crippen LogP contribution is 2.09. The molecule has 2 atom stereocenters. The Morgan fingerprint density at radius 1 is 0.943 bits per heavy atom. The molecule has 3 amide bonds. The van der Waals surface area contributed by atoms with Crippen molar-refractivity contribution in [1.82, 2.24) is 16.0 Å². The van der Waals surface area contributed by atoms with Crippen LogP contribution in [0.2, 0.25) is 0 Å².